The van der Waals surface area contributed by atoms with Gasteiger partial charge in [-0.25, -0.2) is 0 Å². The molecule has 1 aliphatic rings. The predicted octanol–water partition coefficient (Wildman–Crippen LogP) is 2.70. The molecule has 0 spiro atoms. The van der Waals surface area contributed by atoms with E-state index in [0.29, 0.717) is 12.1 Å². The first-order valence-corrected chi connectivity index (χ1v) is 6.53. The van der Waals surface area contributed by atoms with E-state index >= 15 is 0 Å². The fourth-order valence-corrected chi connectivity index (χ4v) is 2.34. The predicted molar refractivity (Wildman–Crippen MR) is 64.9 cm³/mol. The van der Waals surface area contributed by atoms with E-state index < -0.39 is 0 Å². The number of nitrogens with one attached hydrogen (secondary N) is 1. The van der Waals surface area contributed by atoms with E-state index in [1.165, 1.54) is 25.7 Å². The number of hydrogen-bond acceptors (Lipinski definition) is 2. The summed E-state index contributed by atoms with van der Waals surface area (Å²) >= 11 is 0. The molecule has 2 heteroatoms. The van der Waals surface area contributed by atoms with Crippen LogP contribution in [-0.4, -0.2) is 23.3 Å². The van der Waals surface area contributed by atoms with Crippen LogP contribution >= 0.6 is 0 Å². The lowest BCUT2D eigenvalue weighted by Crippen LogP contribution is -2.46. The van der Waals surface area contributed by atoms with E-state index in [4.69, 9.17) is 0 Å². The van der Waals surface area contributed by atoms with Gasteiger partial charge >= 0.3 is 0 Å². The molecule has 1 fully saturated rings. The van der Waals surface area contributed by atoms with Crippen LogP contribution in [0.25, 0.3) is 0 Å². The third kappa shape index (κ3) is 4.98. The maximum absolute atomic E-state index is 9.83. The lowest BCUT2D eigenvalue weighted by molar-refractivity contribution is 0.0850. The molecule has 2 N–H and O–H groups in total. The minimum absolute atomic E-state index is 0.111. The summed E-state index contributed by atoms with van der Waals surface area (Å²) in [5.41, 5.74) is 0. The van der Waals surface area contributed by atoms with Crippen LogP contribution in [-0.2, 0) is 0 Å². The molecular formula is C13H27NO. The standard InChI is InChI=1S/C13H27NO/c1-10(2)8-9-11(3)14-12-6-4-5-7-13(12)15/h10-15H,4-9H2,1-3H3/t11?,12-,13-/m0/s1. The Bertz CT molecular complexity index is 170. The molecule has 0 aromatic heterocycles. The second-order valence-corrected chi connectivity index (χ2v) is 5.50. The lowest BCUT2D eigenvalue weighted by atomic mass is 9.91. The molecule has 1 aliphatic carbocycles. The fraction of sp³-hybridized carbons (Fsp3) is 1.00. The molecule has 0 aliphatic heterocycles. The van der Waals surface area contributed by atoms with E-state index in [0.717, 1.165) is 18.8 Å². The molecule has 1 saturated carbocycles. The molecule has 0 bridgehead atoms. The van der Waals surface area contributed by atoms with Crippen LogP contribution in [0.2, 0.25) is 0 Å². The number of hydrogen-bond donors (Lipinski definition) is 2. The van der Waals surface area contributed by atoms with Crippen LogP contribution in [0.1, 0.15) is 59.3 Å². The molecule has 1 rings (SSSR count). The fourth-order valence-electron chi connectivity index (χ4n) is 2.34. The van der Waals surface area contributed by atoms with Crippen LogP contribution < -0.4 is 5.32 Å². The summed E-state index contributed by atoms with van der Waals surface area (Å²) in [5.74, 6) is 0.783. The summed E-state index contributed by atoms with van der Waals surface area (Å²) in [6.07, 6.45) is 6.98. The summed E-state index contributed by atoms with van der Waals surface area (Å²) in [7, 11) is 0. The molecule has 0 heterocycles. The Morgan fingerprint density at radius 3 is 2.40 bits per heavy atom. The highest BCUT2D eigenvalue weighted by atomic mass is 16.3. The van der Waals surface area contributed by atoms with Crippen molar-refractivity contribution in [2.75, 3.05) is 0 Å². The quantitative estimate of drug-likeness (QED) is 0.736. The third-order valence-electron chi connectivity index (χ3n) is 3.41. The summed E-state index contributed by atoms with van der Waals surface area (Å²) in [4.78, 5) is 0. The van der Waals surface area contributed by atoms with Gasteiger partial charge in [0.1, 0.15) is 0 Å². The third-order valence-corrected chi connectivity index (χ3v) is 3.41. The molecule has 90 valence electrons. The summed E-state index contributed by atoms with van der Waals surface area (Å²) in [6, 6.07) is 0.895. The van der Waals surface area contributed by atoms with Gasteiger partial charge in [-0.1, -0.05) is 26.7 Å². The van der Waals surface area contributed by atoms with E-state index in [1.54, 1.807) is 0 Å². The average Bonchev–Trinajstić information content (AvgIpc) is 2.18. The molecule has 3 atom stereocenters. The highest BCUT2D eigenvalue weighted by molar-refractivity contribution is 4.82. The Kier molecular flexibility index (Phi) is 5.62. The van der Waals surface area contributed by atoms with E-state index in [1.807, 2.05) is 0 Å². The first-order chi connectivity index (χ1) is 7.09. The Morgan fingerprint density at radius 1 is 1.13 bits per heavy atom. The van der Waals surface area contributed by atoms with Gasteiger partial charge in [0.15, 0.2) is 0 Å². The van der Waals surface area contributed by atoms with Crippen molar-refractivity contribution in [2.45, 2.75) is 77.5 Å². The largest absolute Gasteiger partial charge is 0.392 e. The zero-order valence-electron chi connectivity index (χ0n) is 10.5. The molecule has 0 saturated heterocycles. The number of aliphatic hydroxyl groups is 1. The second kappa shape index (κ2) is 6.49. The Balaban J connectivity index is 2.20. The van der Waals surface area contributed by atoms with Crippen molar-refractivity contribution >= 4 is 0 Å². The molecule has 15 heavy (non-hydrogen) atoms. The van der Waals surface area contributed by atoms with Crippen LogP contribution in [0.4, 0.5) is 0 Å². The van der Waals surface area contributed by atoms with Crippen molar-refractivity contribution in [2.24, 2.45) is 5.92 Å². The van der Waals surface area contributed by atoms with Gasteiger partial charge in [0.05, 0.1) is 6.10 Å². The van der Waals surface area contributed by atoms with Gasteiger partial charge in [-0.05, 0) is 38.5 Å². The Labute approximate surface area is 94.5 Å². The van der Waals surface area contributed by atoms with E-state index in [-0.39, 0.29) is 6.10 Å². The number of rotatable bonds is 5. The minimum atomic E-state index is -0.111. The summed E-state index contributed by atoms with van der Waals surface area (Å²) in [6.45, 7) is 6.77. The Hall–Kier alpha value is -0.0800. The average molecular weight is 213 g/mol. The molecular weight excluding hydrogens is 186 g/mol. The van der Waals surface area contributed by atoms with Gasteiger partial charge in [0.25, 0.3) is 0 Å². The van der Waals surface area contributed by atoms with Crippen molar-refractivity contribution in [3.8, 4) is 0 Å². The minimum Gasteiger partial charge on any atom is -0.392 e. The zero-order valence-corrected chi connectivity index (χ0v) is 10.5. The van der Waals surface area contributed by atoms with Gasteiger partial charge in [0, 0.05) is 12.1 Å². The van der Waals surface area contributed by atoms with Crippen LogP contribution in [0.3, 0.4) is 0 Å². The van der Waals surface area contributed by atoms with Gasteiger partial charge in [-0.2, -0.15) is 0 Å². The first kappa shape index (κ1) is 13.0. The van der Waals surface area contributed by atoms with Crippen LogP contribution in [0, 0.1) is 5.92 Å². The van der Waals surface area contributed by atoms with Gasteiger partial charge < -0.3 is 10.4 Å². The summed E-state index contributed by atoms with van der Waals surface area (Å²) in [5, 5.41) is 13.4. The maximum atomic E-state index is 9.83. The Morgan fingerprint density at radius 2 is 1.80 bits per heavy atom. The highest BCUT2D eigenvalue weighted by Crippen LogP contribution is 2.19. The van der Waals surface area contributed by atoms with Crippen molar-refractivity contribution < 1.29 is 5.11 Å². The SMILES string of the molecule is CC(C)CCC(C)N[C@H]1CCCC[C@@H]1O. The van der Waals surface area contributed by atoms with Crippen molar-refractivity contribution in [1.82, 2.24) is 5.32 Å². The highest BCUT2D eigenvalue weighted by Gasteiger charge is 2.23. The van der Waals surface area contributed by atoms with Crippen molar-refractivity contribution in [3.05, 3.63) is 0 Å². The number of aliphatic hydroxyl groups excluding tert-OH is 1. The van der Waals surface area contributed by atoms with Crippen LogP contribution in [0.15, 0.2) is 0 Å². The van der Waals surface area contributed by atoms with Crippen LogP contribution in [0.5, 0.6) is 0 Å². The zero-order chi connectivity index (χ0) is 11.3. The molecule has 0 aromatic carbocycles. The molecule has 0 amide bonds. The van der Waals surface area contributed by atoms with Gasteiger partial charge in [-0.3, -0.25) is 0 Å². The molecule has 2 nitrogen and oxygen atoms in total. The lowest BCUT2D eigenvalue weighted by Gasteiger charge is -2.31. The normalized spacial score (nSPS) is 29.4. The van der Waals surface area contributed by atoms with Gasteiger partial charge in [0.2, 0.25) is 0 Å². The summed E-state index contributed by atoms with van der Waals surface area (Å²) < 4.78 is 0. The van der Waals surface area contributed by atoms with E-state index in [2.05, 4.69) is 26.1 Å². The first-order valence-electron chi connectivity index (χ1n) is 6.53. The molecule has 1 unspecified atom stereocenters. The maximum Gasteiger partial charge on any atom is 0.0693 e. The van der Waals surface area contributed by atoms with Crippen molar-refractivity contribution in [1.29, 1.82) is 0 Å². The van der Waals surface area contributed by atoms with E-state index in [9.17, 15) is 5.11 Å². The second-order valence-electron chi connectivity index (χ2n) is 5.50. The monoisotopic (exact) mass is 213 g/mol. The molecule has 0 aromatic rings. The topological polar surface area (TPSA) is 32.3 Å². The molecule has 0 radical (unpaired) electrons. The smallest absolute Gasteiger partial charge is 0.0693 e. The van der Waals surface area contributed by atoms with Gasteiger partial charge in [-0.15, -0.1) is 0 Å². The van der Waals surface area contributed by atoms with Crippen molar-refractivity contribution in [3.63, 3.8) is 0 Å².